The first-order valence-electron chi connectivity index (χ1n) is 12.4. The monoisotopic (exact) mass is 472 g/mol. The van der Waals surface area contributed by atoms with Gasteiger partial charge < -0.3 is 14.8 Å². The fourth-order valence-electron chi connectivity index (χ4n) is 4.39. The van der Waals surface area contributed by atoms with Crippen LogP contribution in [0.15, 0.2) is 60.7 Å². The van der Waals surface area contributed by atoms with Gasteiger partial charge in [-0.2, -0.15) is 0 Å². The lowest BCUT2D eigenvalue weighted by Crippen LogP contribution is -2.30. The molecule has 1 unspecified atom stereocenters. The highest BCUT2D eigenvalue weighted by Gasteiger charge is 2.22. The first kappa shape index (κ1) is 24.7. The summed E-state index contributed by atoms with van der Waals surface area (Å²) in [7, 11) is 4.10. The van der Waals surface area contributed by atoms with E-state index in [-0.39, 0.29) is 11.9 Å². The van der Waals surface area contributed by atoms with Gasteiger partial charge >= 0.3 is 0 Å². The number of nitrogens with zero attached hydrogens (tertiary/aromatic N) is 5. The number of amides is 1. The standard InChI is InChI=1S/C28H36N6O/c1-22(29-27(35)16-13-23-8-5-4-6-9-23)28-31-30-26-17-19-33(20-21-34(26)28)18-7-10-24-11-14-25(15-12-24)32(2)3/h4-12,14-15,22H,13,16-21H2,1-3H3,(H,29,35)/b10-7+. The molecule has 0 fully saturated rings. The number of rotatable bonds is 9. The molecule has 35 heavy (non-hydrogen) atoms. The van der Waals surface area contributed by atoms with E-state index >= 15 is 0 Å². The van der Waals surface area contributed by atoms with Gasteiger partial charge in [0.25, 0.3) is 0 Å². The van der Waals surface area contributed by atoms with Crippen molar-refractivity contribution in [2.75, 3.05) is 38.6 Å². The van der Waals surface area contributed by atoms with Crippen LogP contribution in [0.5, 0.6) is 0 Å². The average molecular weight is 473 g/mol. The molecule has 7 heteroatoms. The van der Waals surface area contributed by atoms with Crippen molar-refractivity contribution < 1.29 is 4.79 Å². The quantitative estimate of drug-likeness (QED) is 0.514. The summed E-state index contributed by atoms with van der Waals surface area (Å²) < 4.78 is 2.19. The van der Waals surface area contributed by atoms with Crippen molar-refractivity contribution in [3.8, 4) is 0 Å². The number of fused-ring (bicyclic) bond motifs is 1. The van der Waals surface area contributed by atoms with Gasteiger partial charge in [0, 0.05) is 58.8 Å². The number of carbonyl (C=O) groups excluding carboxylic acids is 1. The number of anilines is 1. The molecule has 4 rings (SSSR count). The number of hydrogen-bond donors (Lipinski definition) is 1. The Bertz CT molecular complexity index is 1120. The van der Waals surface area contributed by atoms with Gasteiger partial charge in [-0.05, 0) is 36.6 Å². The maximum Gasteiger partial charge on any atom is 0.220 e. The third-order valence-electron chi connectivity index (χ3n) is 6.48. The fourth-order valence-corrected chi connectivity index (χ4v) is 4.39. The smallest absolute Gasteiger partial charge is 0.220 e. The topological polar surface area (TPSA) is 66.3 Å². The molecule has 184 valence electrons. The van der Waals surface area contributed by atoms with Crippen molar-refractivity contribution in [3.63, 3.8) is 0 Å². The molecule has 1 aliphatic heterocycles. The average Bonchev–Trinajstić information content (AvgIpc) is 3.17. The molecule has 2 aromatic carbocycles. The number of carbonyl (C=O) groups is 1. The summed E-state index contributed by atoms with van der Waals surface area (Å²) in [5.74, 6) is 1.88. The summed E-state index contributed by atoms with van der Waals surface area (Å²) in [5.41, 5.74) is 3.59. The minimum Gasteiger partial charge on any atom is -0.378 e. The Hall–Kier alpha value is -3.45. The molecular formula is C28H36N6O. The Morgan fingerprint density at radius 3 is 2.57 bits per heavy atom. The molecule has 3 aromatic rings. The van der Waals surface area contributed by atoms with Gasteiger partial charge in [0.05, 0.1) is 6.04 Å². The van der Waals surface area contributed by atoms with Gasteiger partial charge in [-0.1, -0.05) is 54.6 Å². The summed E-state index contributed by atoms with van der Waals surface area (Å²) in [6.07, 6.45) is 6.47. The Labute approximate surface area is 208 Å². The molecule has 1 atom stereocenters. The third-order valence-corrected chi connectivity index (χ3v) is 6.48. The minimum atomic E-state index is -0.170. The van der Waals surface area contributed by atoms with E-state index in [1.807, 2.05) is 25.1 Å². The fraction of sp³-hybridized carbons (Fsp3) is 0.393. The zero-order chi connectivity index (χ0) is 24.6. The van der Waals surface area contributed by atoms with Gasteiger partial charge in [0.1, 0.15) is 5.82 Å². The second-order valence-corrected chi connectivity index (χ2v) is 9.34. The number of aryl methyl sites for hydroxylation is 1. The van der Waals surface area contributed by atoms with Crippen molar-refractivity contribution >= 4 is 17.7 Å². The minimum absolute atomic E-state index is 0.0395. The van der Waals surface area contributed by atoms with E-state index in [9.17, 15) is 4.79 Å². The molecule has 2 heterocycles. The van der Waals surface area contributed by atoms with E-state index in [2.05, 4.69) is 92.5 Å². The third kappa shape index (κ3) is 6.79. The lowest BCUT2D eigenvalue weighted by molar-refractivity contribution is -0.121. The van der Waals surface area contributed by atoms with Crippen LogP contribution >= 0.6 is 0 Å². The van der Waals surface area contributed by atoms with Gasteiger partial charge in [0.15, 0.2) is 5.82 Å². The van der Waals surface area contributed by atoms with Crippen LogP contribution in [0.2, 0.25) is 0 Å². The SMILES string of the molecule is CC(NC(=O)CCc1ccccc1)c1nnc2n1CCN(C/C=C/c1ccc(N(C)C)cc1)CC2. The maximum absolute atomic E-state index is 12.5. The Morgan fingerprint density at radius 1 is 1.06 bits per heavy atom. The molecule has 1 N–H and O–H groups in total. The highest BCUT2D eigenvalue weighted by molar-refractivity contribution is 5.76. The summed E-state index contributed by atoms with van der Waals surface area (Å²) in [5, 5.41) is 12.0. The van der Waals surface area contributed by atoms with E-state index in [4.69, 9.17) is 0 Å². The van der Waals surface area contributed by atoms with Gasteiger partial charge in [-0.3, -0.25) is 9.69 Å². The highest BCUT2D eigenvalue weighted by Crippen LogP contribution is 2.17. The van der Waals surface area contributed by atoms with E-state index < -0.39 is 0 Å². The van der Waals surface area contributed by atoms with E-state index in [1.54, 1.807) is 0 Å². The van der Waals surface area contributed by atoms with Crippen molar-refractivity contribution in [2.24, 2.45) is 0 Å². The van der Waals surface area contributed by atoms with Gasteiger partial charge in [0.2, 0.25) is 5.91 Å². The zero-order valence-corrected chi connectivity index (χ0v) is 21.0. The van der Waals surface area contributed by atoms with E-state index in [0.29, 0.717) is 6.42 Å². The molecule has 0 bridgehead atoms. The zero-order valence-electron chi connectivity index (χ0n) is 21.0. The number of hydrogen-bond acceptors (Lipinski definition) is 5. The Kier molecular flexibility index (Phi) is 8.32. The summed E-state index contributed by atoms with van der Waals surface area (Å²) in [6.45, 7) is 5.59. The Morgan fingerprint density at radius 2 is 1.83 bits per heavy atom. The van der Waals surface area contributed by atoms with Crippen LogP contribution in [-0.2, 0) is 24.2 Å². The molecule has 1 aliphatic rings. The Balaban J connectivity index is 1.28. The van der Waals surface area contributed by atoms with E-state index in [0.717, 1.165) is 50.7 Å². The predicted octanol–water partition coefficient (Wildman–Crippen LogP) is 3.73. The van der Waals surface area contributed by atoms with Crippen LogP contribution in [0, 0.1) is 0 Å². The predicted molar refractivity (Wildman–Crippen MR) is 141 cm³/mol. The van der Waals surface area contributed by atoms with Gasteiger partial charge in [-0.15, -0.1) is 10.2 Å². The second-order valence-electron chi connectivity index (χ2n) is 9.34. The highest BCUT2D eigenvalue weighted by atomic mass is 16.1. The molecule has 1 aromatic heterocycles. The van der Waals surface area contributed by atoms with Crippen LogP contribution in [0.3, 0.4) is 0 Å². The van der Waals surface area contributed by atoms with Crippen molar-refractivity contribution in [1.82, 2.24) is 25.0 Å². The first-order chi connectivity index (χ1) is 17.0. The lowest BCUT2D eigenvalue weighted by atomic mass is 10.1. The normalized spacial score (nSPS) is 14.9. The molecule has 0 radical (unpaired) electrons. The molecular weight excluding hydrogens is 436 g/mol. The number of aromatic nitrogens is 3. The van der Waals surface area contributed by atoms with E-state index in [1.165, 1.54) is 16.8 Å². The lowest BCUT2D eigenvalue weighted by Gasteiger charge is -2.18. The summed E-state index contributed by atoms with van der Waals surface area (Å²) in [6, 6.07) is 18.5. The number of benzene rings is 2. The maximum atomic E-state index is 12.5. The van der Waals surface area contributed by atoms with Crippen LogP contribution in [0.4, 0.5) is 5.69 Å². The molecule has 1 amide bonds. The van der Waals surface area contributed by atoms with Crippen LogP contribution in [0.25, 0.3) is 6.08 Å². The second kappa shape index (κ2) is 11.8. The number of nitrogens with one attached hydrogen (secondary N) is 1. The first-order valence-corrected chi connectivity index (χ1v) is 12.4. The van der Waals surface area contributed by atoms with Crippen molar-refractivity contribution in [1.29, 1.82) is 0 Å². The molecule has 0 spiro atoms. The molecule has 0 saturated heterocycles. The molecule has 7 nitrogen and oxygen atoms in total. The molecule has 0 saturated carbocycles. The van der Waals surface area contributed by atoms with Crippen LogP contribution < -0.4 is 10.2 Å². The molecule has 0 aliphatic carbocycles. The van der Waals surface area contributed by atoms with Crippen molar-refractivity contribution in [2.45, 2.75) is 38.8 Å². The van der Waals surface area contributed by atoms with Crippen LogP contribution in [0.1, 0.15) is 42.2 Å². The summed E-state index contributed by atoms with van der Waals surface area (Å²) in [4.78, 5) is 17.1. The van der Waals surface area contributed by atoms with Crippen molar-refractivity contribution in [3.05, 3.63) is 83.4 Å². The largest absolute Gasteiger partial charge is 0.378 e. The summed E-state index contributed by atoms with van der Waals surface area (Å²) >= 11 is 0. The van der Waals surface area contributed by atoms with Crippen LogP contribution in [-0.4, -0.2) is 59.3 Å². The van der Waals surface area contributed by atoms with Gasteiger partial charge in [-0.25, -0.2) is 0 Å².